The van der Waals surface area contributed by atoms with Gasteiger partial charge in [0.2, 0.25) is 0 Å². The predicted octanol–water partition coefficient (Wildman–Crippen LogP) is 2.13. The van der Waals surface area contributed by atoms with Crippen LogP contribution in [0.3, 0.4) is 0 Å². The normalized spacial score (nSPS) is 18.0. The summed E-state index contributed by atoms with van der Waals surface area (Å²) in [6.07, 6.45) is 6.47. The molecule has 3 heterocycles. The van der Waals surface area contributed by atoms with Gasteiger partial charge in [0, 0.05) is 19.3 Å². The fraction of sp³-hybridized carbons (Fsp3) is 0.438. The number of carbonyl (C=O) groups is 2. The van der Waals surface area contributed by atoms with Crippen LogP contribution in [0.5, 0.6) is 0 Å². The van der Waals surface area contributed by atoms with E-state index in [0.717, 1.165) is 12.8 Å². The Labute approximate surface area is 133 Å². The minimum atomic E-state index is -0.377. The Balaban J connectivity index is 1.69. The van der Waals surface area contributed by atoms with Gasteiger partial charge in [-0.2, -0.15) is 5.10 Å². The number of rotatable bonds is 4. The summed E-state index contributed by atoms with van der Waals surface area (Å²) in [7, 11) is 0. The first-order valence-electron chi connectivity index (χ1n) is 7.73. The molecule has 3 rings (SSSR count). The number of esters is 1. The molecule has 0 aliphatic carbocycles. The maximum Gasteiger partial charge on any atom is 0.341 e. The highest BCUT2D eigenvalue weighted by molar-refractivity contribution is 5.91. The lowest BCUT2D eigenvalue weighted by Crippen LogP contribution is -2.40. The molecule has 0 radical (unpaired) electrons. The summed E-state index contributed by atoms with van der Waals surface area (Å²) in [6.45, 7) is 3.34. The summed E-state index contributed by atoms with van der Waals surface area (Å²) >= 11 is 0. The third-order valence-corrected chi connectivity index (χ3v) is 3.90. The van der Waals surface area contributed by atoms with Crippen LogP contribution in [0.15, 0.2) is 35.2 Å². The van der Waals surface area contributed by atoms with E-state index >= 15 is 0 Å². The van der Waals surface area contributed by atoms with Gasteiger partial charge in [-0.25, -0.2) is 4.79 Å². The predicted molar refractivity (Wildman–Crippen MR) is 81.1 cm³/mol. The van der Waals surface area contributed by atoms with Gasteiger partial charge in [-0.1, -0.05) is 0 Å². The van der Waals surface area contributed by atoms with Crippen molar-refractivity contribution in [3.05, 3.63) is 42.1 Å². The number of aromatic nitrogens is 2. The fourth-order valence-corrected chi connectivity index (χ4v) is 2.77. The zero-order valence-corrected chi connectivity index (χ0v) is 13.0. The standard InChI is InChI=1S/C16H19N3O4/c1-2-22-16(21)12-9-17-19(10-12)13-5-3-7-18(11-13)15(20)14-6-4-8-23-14/h4,6,8-10,13H,2-3,5,7,11H2,1H3/t13-/m1/s1. The maximum atomic E-state index is 12.4. The Morgan fingerprint density at radius 1 is 1.48 bits per heavy atom. The Morgan fingerprint density at radius 2 is 2.35 bits per heavy atom. The van der Waals surface area contributed by atoms with Gasteiger partial charge in [-0.15, -0.1) is 0 Å². The summed E-state index contributed by atoms with van der Waals surface area (Å²) in [4.78, 5) is 25.8. The SMILES string of the molecule is CCOC(=O)c1cnn([C@@H]2CCCN(C(=O)c3ccco3)C2)c1. The van der Waals surface area contributed by atoms with Crippen molar-refractivity contribution in [3.63, 3.8) is 0 Å². The highest BCUT2D eigenvalue weighted by atomic mass is 16.5. The van der Waals surface area contributed by atoms with Gasteiger partial charge < -0.3 is 14.1 Å². The molecule has 0 spiro atoms. The van der Waals surface area contributed by atoms with E-state index in [0.29, 0.717) is 31.0 Å². The van der Waals surface area contributed by atoms with Crippen molar-refractivity contribution < 1.29 is 18.7 Å². The third-order valence-electron chi connectivity index (χ3n) is 3.90. The molecular weight excluding hydrogens is 298 g/mol. The van der Waals surface area contributed by atoms with Gasteiger partial charge >= 0.3 is 5.97 Å². The van der Waals surface area contributed by atoms with Gasteiger partial charge in [-0.3, -0.25) is 9.48 Å². The summed E-state index contributed by atoms with van der Waals surface area (Å²) < 4.78 is 11.9. The zero-order valence-electron chi connectivity index (χ0n) is 13.0. The molecule has 1 atom stereocenters. The molecule has 2 aromatic rings. The lowest BCUT2D eigenvalue weighted by Gasteiger charge is -2.32. The van der Waals surface area contributed by atoms with Crippen LogP contribution in [-0.4, -0.2) is 46.3 Å². The topological polar surface area (TPSA) is 77.6 Å². The van der Waals surface area contributed by atoms with Crippen LogP contribution < -0.4 is 0 Å². The summed E-state index contributed by atoms with van der Waals surface area (Å²) in [6, 6.07) is 3.41. The molecule has 1 amide bonds. The molecule has 0 N–H and O–H groups in total. The Hall–Kier alpha value is -2.57. The lowest BCUT2D eigenvalue weighted by molar-refractivity contribution is 0.0524. The van der Waals surface area contributed by atoms with Crippen LogP contribution in [0.1, 0.15) is 46.7 Å². The second kappa shape index (κ2) is 6.68. The van der Waals surface area contributed by atoms with Crippen molar-refractivity contribution in [2.24, 2.45) is 0 Å². The van der Waals surface area contributed by atoms with E-state index in [9.17, 15) is 9.59 Å². The summed E-state index contributed by atoms with van der Waals surface area (Å²) in [5.74, 6) is -0.145. The molecule has 7 heteroatoms. The smallest absolute Gasteiger partial charge is 0.341 e. The van der Waals surface area contributed by atoms with Crippen molar-refractivity contribution >= 4 is 11.9 Å². The first kappa shape index (κ1) is 15.3. The van der Waals surface area contributed by atoms with Crippen molar-refractivity contribution in [1.29, 1.82) is 0 Å². The second-order valence-electron chi connectivity index (χ2n) is 5.45. The van der Waals surface area contributed by atoms with Crippen molar-refractivity contribution in [2.75, 3.05) is 19.7 Å². The van der Waals surface area contributed by atoms with E-state index in [1.54, 1.807) is 34.8 Å². The third kappa shape index (κ3) is 3.28. The number of nitrogens with zero attached hydrogens (tertiary/aromatic N) is 3. The van der Waals surface area contributed by atoms with Gasteiger partial charge in [0.05, 0.1) is 30.7 Å². The van der Waals surface area contributed by atoms with Gasteiger partial charge in [-0.05, 0) is 31.9 Å². The van der Waals surface area contributed by atoms with Crippen molar-refractivity contribution in [3.8, 4) is 0 Å². The molecule has 122 valence electrons. The van der Waals surface area contributed by atoms with E-state index in [4.69, 9.17) is 9.15 Å². The van der Waals surface area contributed by atoms with Crippen LogP contribution in [0, 0.1) is 0 Å². The van der Waals surface area contributed by atoms with E-state index in [1.165, 1.54) is 12.5 Å². The average molecular weight is 317 g/mol. The van der Waals surface area contributed by atoms with Crippen LogP contribution in [0.25, 0.3) is 0 Å². The molecule has 1 fully saturated rings. The summed E-state index contributed by atoms with van der Waals surface area (Å²) in [5.41, 5.74) is 0.432. The van der Waals surface area contributed by atoms with E-state index in [1.807, 2.05) is 0 Å². The summed E-state index contributed by atoms with van der Waals surface area (Å²) in [5, 5.41) is 4.25. The van der Waals surface area contributed by atoms with E-state index in [-0.39, 0.29) is 17.9 Å². The second-order valence-corrected chi connectivity index (χ2v) is 5.45. The molecule has 0 bridgehead atoms. The number of ether oxygens (including phenoxy) is 1. The highest BCUT2D eigenvalue weighted by Gasteiger charge is 2.27. The molecule has 1 aliphatic rings. The zero-order chi connectivity index (χ0) is 16.2. The van der Waals surface area contributed by atoms with Crippen LogP contribution >= 0.6 is 0 Å². The number of furan rings is 1. The molecule has 0 unspecified atom stereocenters. The van der Waals surface area contributed by atoms with Crippen LogP contribution in [0.4, 0.5) is 0 Å². The monoisotopic (exact) mass is 317 g/mol. The molecule has 23 heavy (non-hydrogen) atoms. The molecular formula is C16H19N3O4. The first-order chi connectivity index (χ1) is 11.2. The van der Waals surface area contributed by atoms with Crippen molar-refractivity contribution in [1.82, 2.24) is 14.7 Å². The molecule has 2 aromatic heterocycles. The Morgan fingerprint density at radius 3 is 3.09 bits per heavy atom. The Bertz CT molecular complexity index is 677. The molecule has 1 aliphatic heterocycles. The maximum absolute atomic E-state index is 12.4. The van der Waals surface area contributed by atoms with Gasteiger partial charge in [0.15, 0.2) is 5.76 Å². The molecule has 0 aromatic carbocycles. The number of piperidine rings is 1. The van der Waals surface area contributed by atoms with Crippen LogP contribution in [-0.2, 0) is 4.74 Å². The number of hydrogen-bond acceptors (Lipinski definition) is 5. The Kier molecular flexibility index (Phi) is 4.45. The molecule has 7 nitrogen and oxygen atoms in total. The average Bonchev–Trinajstić information content (AvgIpc) is 3.26. The fourth-order valence-electron chi connectivity index (χ4n) is 2.77. The quantitative estimate of drug-likeness (QED) is 0.807. The first-order valence-corrected chi connectivity index (χ1v) is 7.73. The van der Waals surface area contributed by atoms with Crippen LogP contribution in [0.2, 0.25) is 0 Å². The highest BCUT2D eigenvalue weighted by Crippen LogP contribution is 2.23. The van der Waals surface area contributed by atoms with Gasteiger partial charge in [0.25, 0.3) is 5.91 Å². The lowest BCUT2D eigenvalue weighted by atomic mass is 10.1. The minimum absolute atomic E-state index is 0.0471. The number of likely N-dealkylation sites (tertiary alicyclic amines) is 1. The van der Waals surface area contributed by atoms with Gasteiger partial charge in [0.1, 0.15) is 0 Å². The number of carbonyl (C=O) groups excluding carboxylic acids is 2. The molecule has 0 saturated carbocycles. The van der Waals surface area contributed by atoms with E-state index < -0.39 is 0 Å². The minimum Gasteiger partial charge on any atom is -0.462 e. The molecule has 1 saturated heterocycles. The number of amides is 1. The number of hydrogen-bond donors (Lipinski definition) is 0. The van der Waals surface area contributed by atoms with Crippen molar-refractivity contribution in [2.45, 2.75) is 25.8 Å². The van der Waals surface area contributed by atoms with E-state index in [2.05, 4.69) is 5.10 Å². The largest absolute Gasteiger partial charge is 0.462 e.